The number of nitrogens with zero attached hydrogens (tertiary/aromatic N) is 5. The monoisotopic (exact) mass is 256 g/mol. The zero-order valence-corrected chi connectivity index (χ0v) is 11.0. The first-order chi connectivity index (χ1) is 9.20. The summed E-state index contributed by atoms with van der Waals surface area (Å²) in [5.41, 5.74) is 8.72. The predicted octanol–water partition coefficient (Wildman–Crippen LogP) is 1.59. The Morgan fingerprint density at radius 1 is 1.21 bits per heavy atom. The molecule has 0 saturated carbocycles. The molecule has 98 valence electrons. The van der Waals surface area contributed by atoms with Crippen LogP contribution in [0.2, 0.25) is 0 Å². The van der Waals surface area contributed by atoms with Crippen molar-refractivity contribution in [2.75, 3.05) is 5.73 Å². The summed E-state index contributed by atoms with van der Waals surface area (Å²) in [6.45, 7) is 5.43. The topological polar surface area (TPSA) is 74.5 Å². The molecule has 0 aliphatic carbocycles. The molecule has 1 aromatic carbocycles. The molecule has 0 radical (unpaired) electrons. The average molecular weight is 256 g/mol. The van der Waals surface area contributed by atoms with Crippen LogP contribution in [-0.4, -0.2) is 24.8 Å². The number of para-hydroxylation sites is 1. The van der Waals surface area contributed by atoms with Crippen molar-refractivity contribution in [3.8, 4) is 0 Å². The summed E-state index contributed by atoms with van der Waals surface area (Å²) < 4.78 is 3.78. The highest BCUT2D eigenvalue weighted by atomic mass is 15.4. The average Bonchev–Trinajstić information content (AvgIpc) is 2.95. The fourth-order valence-corrected chi connectivity index (χ4v) is 2.22. The first-order valence-corrected chi connectivity index (χ1v) is 6.30. The minimum Gasteiger partial charge on any atom is -0.381 e. The highest BCUT2D eigenvalue weighted by molar-refractivity contribution is 5.81. The third-order valence-corrected chi connectivity index (χ3v) is 3.35. The summed E-state index contributed by atoms with van der Waals surface area (Å²) in [5.74, 6) is 0.472. The van der Waals surface area contributed by atoms with E-state index in [1.165, 1.54) is 0 Å². The molecular formula is C13H16N6. The third-order valence-electron chi connectivity index (χ3n) is 3.35. The van der Waals surface area contributed by atoms with Crippen LogP contribution in [0.5, 0.6) is 0 Å². The van der Waals surface area contributed by atoms with Crippen LogP contribution in [0.1, 0.15) is 18.3 Å². The lowest BCUT2D eigenvalue weighted by molar-refractivity contribution is 0.601. The molecule has 0 unspecified atom stereocenters. The van der Waals surface area contributed by atoms with Gasteiger partial charge in [-0.2, -0.15) is 5.10 Å². The van der Waals surface area contributed by atoms with Crippen LogP contribution in [0.3, 0.4) is 0 Å². The Labute approximate surface area is 110 Å². The van der Waals surface area contributed by atoms with Gasteiger partial charge < -0.3 is 5.73 Å². The zero-order valence-electron chi connectivity index (χ0n) is 11.0. The molecule has 6 nitrogen and oxygen atoms in total. The van der Waals surface area contributed by atoms with E-state index in [0.29, 0.717) is 12.4 Å². The third kappa shape index (κ3) is 1.85. The number of anilines is 1. The molecule has 0 aliphatic heterocycles. The van der Waals surface area contributed by atoms with Crippen molar-refractivity contribution in [3.63, 3.8) is 0 Å². The molecule has 3 aromatic rings. The van der Waals surface area contributed by atoms with Gasteiger partial charge in [0.2, 0.25) is 0 Å². The molecule has 2 aromatic heterocycles. The molecule has 19 heavy (non-hydrogen) atoms. The van der Waals surface area contributed by atoms with Crippen molar-refractivity contribution < 1.29 is 0 Å². The van der Waals surface area contributed by atoms with Gasteiger partial charge >= 0.3 is 0 Å². The summed E-state index contributed by atoms with van der Waals surface area (Å²) in [6, 6.07) is 8.21. The summed E-state index contributed by atoms with van der Waals surface area (Å²) in [5, 5.41) is 13.7. The summed E-state index contributed by atoms with van der Waals surface area (Å²) >= 11 is 0. The second-order valence-corrected chi connectivity index (χ2v) is 4.50. The Hall–Kier alpha value is -2.37. The number of benzene rings is 1. The summed E-state index contributed by atoms with van der Waals surface area (Å²) in [4.78, 5) is 0. The molecule has 2 N–H and O–H groups in total. The normalized spacial score (nSPS) is 11.3. The number of aromatic nitrogens is 5. The maximum atomic E-state index is 5.72. The highest BCUT2D eigenvalue weighted by Crippen LogP contribution is 2.19. The first kappa shape index (κ1) is 11.7. The van der Waals surface area contributed by atoms with Crippen LogP contribution in [-0.2, 0) is 13.1 Å². The number of nitrogen functional groups attached to an aromatic ring is 1. The minimum absolute atomic E-state index is 0.472. The van der Waals surface area contributed by atoms with Gasteiger partial charge in [0.1, 0.15) is 0 Å². The number of aryl methyl sites for hydroxylation is 1. The molecule has 0 spiro atoms. The van der Waals surface area contributed by atoms with Gasteiger partial charge in [-0.25, -0.2) is 4.68 Å². The Morgan fingerprint density at radius 2 is 2.00 bits per heavy atom. The smallest absolute Gasteiger partial charge is 0.168 e. The summed E-state index contributed by atoms with van der Waals surface area (Å²) in [6.07, 6.45) is 0. The van der Waals surface area contributed by atoms with Crippen molar-refractivity contribution in [1.29, 1.82) is 0 Å². The van der Waals surface area contributed by atoms with Gasteiger partial charge in [0.05, 0.1) is 23.4 Å². The van der Waals surface area contributed by atoms with Crippen molar-refractivity contribution in [2.45, 2.75) is 26.9 Å². The van der Waals surface area contributed by atoms with E-state index < -0.39 is 0 Å². The Kier molecular flexibility index (Phi) is 2.70. The van der Waals surface area contributed by atoms with Crippen molar-refractivity contribution >= 4 is 16.7 Å². The van der Waals surface area contributed by atoms with Gasteiger partial charge in [-0.15, -0.1) is 5.10 Å². The number of rotatable bonds is 3. The van der Waals surface area contributed by atoms with Crippen molar-refractivity contribution in [3.05, 3.63) is 35.7 Å². The molecule has 0 atom stereocenters. The first-order valence-electron chi connectivity index (χ1n) is 6.30. The van der Waals surface area contributed by atoms with E-state index in [1.807, 2.05) is 23.7 Å². The maximum Gasteiger partial charge on any atom is 0.168 e. The lowest BCUT2D eigenvalue weighted by atomic mass is 10.2. The SMILES string of the molecule is CCn1nc(Cn2nnc(N)c2C)c2ccccc21. The van der Waals surface area contributed by atoms with Crippen LogP contribution >= 0.6 is 0 Å². The minimum atomic E-state index is 0.472. The van der Waals surface area contributed by atoms with Crippen LogP contribution < -0.4 is 5.73 Å². The fourth-order valence-electron chi connectivity index (χ4n) is 2.22. The predicted molar refractivity (Wildman–Crippen MR) is 73.7 cm³/mol. The van der Waals surface area contributed by atoms with Gasteiger partial charge in [-0.05, 0) is 19.9 Å². The summed E-state index contributed by atoms with van der Waals surface area (Å²) in [7, 11) is 0. The second-order valence-electron chi connectivity index (χ2n) is 4.50. The number of nitrogens with two attached hydrogens (primary N) is 1. The van der Waals surface area contributed by atoms with Gasteiger partial charge in [-0.1, -0.05) is 23.4 Å². The van der Waals surface area contributed by atoms with Crippen molar-refractivity contribution in [2.24, 2.45) is 0 Å². The second kappa shape index (κ2) is 4.38. The number of hydrogen-bond acceptors (Lipinski definition) is 4. The van der Waals surface area contributed by atoms with Gasteiger partial charge in [0.25, 0.3) is 0 Å². The van der Waals surface area contributed by atoms with Crippen LogP contribution in [0.4, 0.5) is 5.82 Å². The van der Waals surface area contributed by atoms with Crippen LogP contribution in [0, 0.1) is 6.92 Å². The Balaban J connectivity index is 2.08. The van der Waals surface area contributed by atoms with E-state index in [-0.39, 0.29) is 0 Å². The van der Waals surface area contributed by atoms with E-state index in [0.717, 1.165) is 28.8 Å². The molecule has 0 bridgehead atoms. The lowest BCUT2D eigenvalue weighted by Crippen LogP contribution is -2.06. The van der Waals surface area contributed by atoms with E-state index >= 15 is 0 Å². The molecule has 0 saturated heterocycles. The van der Waals surface area contributed by atoms with E-state index in [9.17, 15) is 0 Å². The van der Waals surface area contributed by atoms with Crippen LogP contribution in [0.25, 0.3) is 10.9 Å². The van der Waals surface area contributed by atoms with E-state index in [4.69, 9.17) is 5.73 Å². The van der Waals surface area contributed by atoms with Gasteiger partial charge in [-0.3, -0.25) is 4.68 Å². The number of hydrogen-bond donors (Lipinski definition) is 1. The zero-order chi connectivity index (χ0) is 13.4. The lowest BCUT2D eigenvalue weighted by Gasteiger charge is -2.00. The standard InChI is InChI=1S/C13H16N6/c1-3-18-12-7-5-4-6-10(12)11(16-18)8-19-9(2)13(14)15-17-19/h4-7H,3,8,14H2,1-2H3. The van der Waals surface area contributed by atoms with Gasteiger partial charge in [0.15, 0.2) is 5.82 Å². The van der Waals surface area contributed by atoms with E-state index in [2.05, 4.69) is 34.5 Å². The van der Waals surface area contributed by atoms with E-state index in [1.54, 1.807) is 4.68 Å². The fraction of sp³-hybridized carbons (Fsp3) is 0.308. The molecule has 2 heterocycles. The molecular weight excluding hydrogens is 240 g/mol. The molecule has 0 aliphatic rings. The van der Waals surface area contributed by atoms with Crippen molar-refractivity contribution in [1.82, 2.24) is 24.8 Å². The Bertz CT molecular complexity index is 724. The molecule has 3 rings (SSSR count). The van der Waals surface area contributed by atoms with Crippen LogP contribution in [0.15, 0.2) is 24.3 Å². The Morgan fingerprint density at radius 3 is 2.68 bits per heavy atom. The maximum absolute atomic E-state index is 5.72. The van der Waals surface area contributed by atoms with Gasteiger partial charge in [0, 0.05) is 11.9 Å². The number of fused-ring (bicyclic) bond motifs is 1. The molecule has 6 heteroatoms. The molecule has 0 fully saturated rings. The molecule has 0 amide bonds. The highest BCUT2D eigenvalue weighted by Gasteiger charge is 2.12. The quantitative estimate of drug-likeness (QED) is 0.772. The largest absolute Gasteiger partial charge is 0.381 e.